The van der Waals surface area contributed by atoms with E-state index in [1.165, 1.54) is 68.0 Å². The molecule has 0 saturated heterocycles. The maximum Gasteiger partial charge on any atom is 0.119 e. The summed E-state index contributed by atoms with van der Waals surface area (Å²) in [4.78, 5) is 11.8. The number of rotatable bonds is 19. The van der Waals surface area contributed by atoms with E-state index in [0.717, 1.165) is 85.3 Å². The van der Waals surface area contributed by atoms with Gasteiger partial charge in [-0.1, -0.05) is 121 Å². The molecular weight excluding hydrogens is 812 g/mol. The van der Waals surface area contributed by atoms with E-state index in [4.69, 9.17) is 19.4 Å². The summed E-state index contributed by atoms with van der Waals surface area (Å²) in [5.41, 5.74) is 6.51. The topological polar surface area (TPSA) is 44.2 Å². The average Bonchev–Trinajstić information content (AvgIpc) is 3.84. The predicted molar refractivity (Wildman–Crippen MR) is 231 cm³/mol. The first-order valence-corrected chi connectivity index (χ1v) is 22.1. The molecule has 0 radical (unpaired) electrons. The molecule has 6 rings (SSSR count). The number of benzene rings is 3. The number of unbranched alkanes of at least 4 members (excludes halogenated alkanes) is 10. The summed E-state index contributed by atoms with van der Waals surface area (Å²) in [6.45, 7) is 5.96. The fraction of sp³-hybridized carbons (Fsp3) is 0.364. The van der Waals surface area contributed by atoms with Crippen LogP contribution in [-0.4, -0.2) is 23.2 Å². The number of ether oxygens (including phenoxy) is 2. The molecule has 0 bridgehead atoms. The first-order valence-electron chi connectivity index (χ1n) is 18.8. The van der Waals surface area contributed by atoms with Crippen LogP contribution in [0.25, 0.3) is 44.0 Å². The Bertz CT molecular complexity index is 1930. The van der Waals surface area contributed by atoms with Gasteiger partial charge in [0.1, 0.15) is 11.5 Å². The molecule has 3 aromatic heterocycles. The minimum atomic E-state index is 0.723. The van der Waals surface area contributed by atoms with Gasteiger partial charge in [-0.15, -0.1) is 22.7 Å². The van der Waals surface area contributed by atoms with Crippen molar-refractivity contribution in [3.8, 4) is 44.5 Å². The van der Waals surface area contributed by atoms with Gasteiger partial charge >= 0.3 is 0 Å². The zero-order valence-corrected chi connectivity index (χ0v) is 35.2. The highest BCUT2D eigenvalue weighted by Gasteiger charge is 2.17. The summed E-state index contributed by atoms with van der Waals surface area (Å²) in [6.07, 6.45) is 14.9. The second-order valence-corrected chi connectivity index (χ2v) is 17.7. The minimum absolute atomic E-state index is 0.723. The number of fused-ring (bicyclic) bond motifs is 1. The van der Waals surface area contributed by atoms with E-state index in [-0.39, 0.29) is 0 Å². The van der Waals surface area contributed by atoms with Crippen LogP contribution in [0.15, 0.2) is 104 Å². The van der Waals surface area contributed by atoms with Gasteiger partial charge in [-0.3, -0.25) is 0 Å². The SMILES string of the molecule is Brc1cccs1.CCCCCCCCOc1cccc(-c2nc3cccc(-c4ccc(Br)s4)c3nc2-c2cccc(OCCCCCCCC)c2)c1. The largest absolute Gasteiger partial charge is 0.494 e. The van der Waals surface area contributed by atoms with Gasteiger partial charge in [0.2, 0.25) is 0 Å². The van der Waals surface area contributed by atoms with Crippen molar-refractivity contribution in [2.45, 2.75) is 90.9 Å². The van der Waals surface area contributed by atoms with Gasteiger partial charge in [0.25, 0.3) is 0 Å². The average molecular weight is 863 g/mol. The lowest BCUT2D eigenvalue weighted by atomic mass is 10.0. The molecule has 0 fully saturated rings. The fourth-order valence-electron chi connectivity index (χ4n) is 6.01. The summed E-state index contributed by atoms with van der Waals surface area (Å²) < 4.78 is 14.7. The minimum Gasteiger partial charge on any atom is -0.494 e. The molecule has 274 valence electrons. The van der Waals surface area contributed by atoms with E-state index in [1.807, 2.05) is 29.6 Å². The Morgan fingerprint density at radius 2 is 1.13 bits per heavy atom. The normalized spacial score (nSPS) is 11.0. The number of nitrogens with zero attached hydrogens (tertiary/aromatic N) is 2. The molecule has 3 aromatic carbocycles. The Kier molecular flexibility index (Phi) is 17.2. The Morgan fingerprint density at radius 1 is 0.558 bits per heavy atom. The van der Waals surface area contributed by atoms with Gasteiger partial charge in [0.15, 0.2) is 0 Å². The van der Waals surface area contributed by atoms with Gasteiger partial charge in [-0.05, 0) is 98.6 Å². The third kappa shape index (κ3) is 12.5. The van der Waals surface area contributed by atoms with Crippen LogP contribution in [0.2, 0.25) is 0 Å². The summed E-state index contributed by atoms with van der Waals surface area (Å²) in [5, 5.41) is 2.03. The molecule has 4 nitrogen and oxygen atoms in total. The van der Waals surface area contributed by atoms with Crippen LogP contribution in [-0.2, 0) is 0 Å². The Hall–Kier alpha value is -3.04. The van der Waals surface area contributed by atoms with Gasteiger partial charge in [-0.2, -0.15) is 0 Å². The zero-order chi connectivity index (χ0) is 36.4. The smallest absolute Gasteiger partial charge is 0.119 e. The van der Waals surface area contributed by atoms with Gasteiger partial charge in [0.05, 0.1) is 43.2 Å². The monoisotopic (exact) mass is 860 g/mol. The van der Waals surface area contributed by atoms with Crippen molar-refractivity contribution in [1.82, 2.24) is 9.97 Å². The predicted octanol–water partition coefficient (Wildman–Crippen LogP) is 15.4. The van der Waals surface area contributed by atoms with Crippen molar-refractivity contribution >= 4 is 65.6 Å². The lowest BCUT2D eigenvalue weighted by molar-refractivity contribution is 0.304. The Labute approximate surface area is 335 Å². The van der Waals surface area contributed by atoms with E-state index in [0.29, 0.717) is 0 Å². The number of hydrogen-bond acceptors (Lipinski definition) is 6. The first-order chi connectivity index (χ1) is 25.6. The lowest BCUT2D eigenvalue weighted by Gasteiger charge is -2.14. The quantitative estimate of drug-likeness (QED) is 0.0761. The Morgan fingerprint density at radius 3 is 1.65 bits per heavy atom. The van der Waals surface area contributed by atoms with Crippen LogP contribution in [0.5, 0.6) is 11.5 Å². The Balaban J connectivity index is 0.000000790. The van der Waals surface area contributed by atoms with Crippen molar-refractivity contribution in [2.75, 3.05) is 13.2 Å². The highest BCUT2D eigenvalue weighted by Crippen LogP contribution is 2.39. The highest BCUT2D eigenvalue weighted by molar-refractivity contribution is 9.11. The van der Waals surface area contributed by atoms with E-state index >= 15 is 0 Å². The third-order valence-electron chi connectivity index (χ3n) is 8.77. The molecule has 8 heteroatoms. The van der Waals surface area contributed by atoms with Gasteiger partial charge in [-0.25, -0.2) is 9.97 Å². The van der Waals surface area contributed by atoms with E-state index < -0.39 is 0 Å². The summed E-state index contributed by atoms with van der Waals surface area (Å²) in [5.74, 6) is 1.73. The summed E-state index contributed by atoms with van der Waals surface area (Å²) >= 11 is 10.3. The standard InChI is InChI=1S/C40H47BrN2O2S.C4H3BrS/c1-3-5-7-9-11-13-26-44-32-20-15-18-30(28-32)38-39(31-19-16-21-33(29-31)45-27-14-12-10-8-6-4-2)43-40-34(22-17-23-35(40)42-38)36-24-25-37(41)46-36;5-4-2-1-3-6-4/h15-25,28-29H,3-14,26-27H2,1-2H3;1-3H. The molecule has 0 spiro atoms. The summed E-state index contributed by atoms with van der Waals surface area (Å²) in [7, 11) is 0. The van der Waals surface area contributed by atoms with Crippen LogP contribution in [0.3, 0.4) is 0 Å². The summed E-state index contributed by atoms with van der Waals surface area (Å²) in [6, 6.07) is 31.1. The zero-order valence-electron chi connectivity index (χ0n) is 30.4. The third-order valence-corrected chi connectivity index (χ3v) is 11.9. The van der Waals surface area contributed by atoms with Crippen LogP contribution in [0.4, 0.5) is 0 Å². The van der Waals surface area contributed by atoms with E-state index in [2.05, 4.69) is 112 Å². The van der Waals surface area contributed by atoms with Crippen LogP contribution < -0.4 is 9.47 Å². The number of aromatic nitrogens is 2. The molecule has 6 aromatic rings. The van der Waals surface area contributed by atoms with Gasteiger partial charge in [0, 0.05) is 21.6 Å². The van der Waals surface area contributed by atoms with Gasteiger partial charge < -0.3 is 9.47 Å². The van der Waals surface area contributed by atoms with Crippen molar-refractivity contribution in [2.24, 2.45) is 0 Å². The van der Waals surface area contributed by atoms with Crippen LogP contribution in [0.1, 0.15) is 90.9 Å². The molecular formula is C44H50Br2N2O2S2. The molecule has 3 heterocycles. The number of para-hydroxylation sites is 1. The van der Waals surface area contributed by atoms with Crippen molar-refractivity contribution < 1.29 is 9.47 Å². The second kappa shape index (κ2) is 22.2. The fourth-order valence-corrected chi connectivity index (χ4v) is 8.34. The van der Waals surface area contributed by atoms with E-state index in [1.54, 1.807) is 22.7 Å². The molecule has 0 aliphatic carbocycles. The van der Waals surface area contributed by atoms with E-state index in [9.17, 15) is 0 Å². The number of hydrogen-bond donors (Lipinski definition) is 0. The highest BCUT2D eigenvalue weighted by atomic mass is 79.9. The molecule has 0 aliphatic rings. The molecule has 0 aliphatic heterocycles. The second-order valence-electron chi connectivity index (χ2n) is 12.9. The van der Waals surface area contributed by atoms with Crippen LogP contribution >= 0.6 is 54.5 Å². The van der Waals surface area contributed by atoms with Crippen molar-refractivity contribution in [3.05, 3.63) is 104 Å². The van der Waals surface area contributed by atoms with Crippen LogP contribution in [0, 0.1) is 0 Å². The molecule has 0 amide bonds. The maximum absolute atomic E-state index is 6.24. The number of thiophene rings is 2. The van der Waals surface area contributed by atoms with Crippen molar-refractivity contribution in [1.29, 1.82) is 0 Å². The molecule has 52 heavy (non-hydrogen) atoms. The van der Waals surface area contributed by atoms with Crippen molar-refractivity contribution in [3.63, 3.8) is 0 Å². The first kappa shape index (κ1) is 40.2. The molecule has 0 saturated carbocycles. The molecule has 0 N–H and O–H groups in total. The molecule has 0 atom stereocenters. The maximum atomic E-state index is 6.24. The lowest BCUT2D eigenvalue weighted by Crippen LogP contribution is -2.00. The number of halogens is 2. The molecule has 0 unspecified atom stereocenters.